The van der Waals surface area contributed by atoms with Crippen molar-refractivity contribution >= 4 is 16.7 Å². The van der Waals surface area contributed by atoms with Gasteiger partial charge in [-0.1, -0.05) is 18.2 Å². The number of rotatable bonds is 1. The van der Waals surface area contributed by atoms with Crippen molar-refractivity contribution in [3.8, 4) is 0 Å². The van der Waals surface area contributed by atoms with E-state index >= 15 is 0 Å². The van der Waals surface area contributed by atoms with Crippen molar-refractivity contribution in [2.24, 2.45) is 0 Å². The summed E-state index contributed by atoms with van der Waals surface area (Å²) < 4.78 is 2.10. The third-order valence-corrected chi connectivity index (χ3v) is 3.11. The van der Waals surface area contributed by atoms with Crippen LogP contribution in [0.4, 0.5) is 0 Å². The molecule has 1 saturated heterocycles. The predicted molar refractivity (Wildman–Crippen MR) is 64.1 cm³/mol. The van der Waals surface area contributed by atoms with Crippen molar-refractivity contribution in [2.45, 2.75) is 12.8 Å². The molecule has 1 fully saturated rings. The van der Waals surface area contributed by atoms with E-state index in [9.17, 15) is 4.79 Å². The number of benzene rings is 1. The van der Waals surface area contributed by atoms with Crippen LogP contribution in [0.15, 0.2) is 36.5 Å². The fourth-order valence-electron chi connectivity index (χ4n) is 2.32. The number of piperidine rings is 1. The minimum absolute atomic E-state index is 0.337. The van der Waals surface area contributed by atoms with E-state index in [1.807, 2.05) is 18.3 Å². The first kappa shape index (κ1) is 9.46. The highest BCUT2D eigenvalue weighted by Crippen LogP contribution is 2.17. The van der Waals surface area contributed by atoms with Gasteiger partial charge in [-0.2, -0.15) is 0 Å². The highest BCUT2D eigenvalue weighted by Gasteiger charge is 2.17. The molecule has 0 aliphatic carbocycles. The number of para-hydroxylation sites is 1. The summed E-state index contributed by atoms with van der Waals surface area (Å²) in [7, 11) is 0. The first-order chi connectivity index (χ1) is 7.84. The predicted octanol–water partition coefficient (Wildman–Crippen LogP) is 1.94. The van der Waals surface area contributed by atoms with E-state index in [4.69, 9.17) is 0 Å². The van der Waals surface area contributed by atoms with E-state index in [0.717, 1.165) is 19.4 Å². The third kappa shape index (κ3) is 1.48. The molecule has 0 N–H and O–H groups in total. The van der Waals surface area contributed by atoms with Gasteiger partial charge in [0.1, 0.15) is 0 Å². The minimum Gasteiger partial charge on any atom is -0.305 e. The maximum absolute atomic E-state index is 11.4. The van der Waals surface area contributed by atoms with Crippen LogP contribution in [0.2, 0.25) is 0 Å². The molecule has 0 unspecified atom stereocenters. The minimum atomic E-state index is 0.337. The fourth-order valence-corrected chi connectivity index (χ4v) is 2.32. The summed E-state index contributed by atoms with van der Waals surface area (Å²) in [6.07, 6.45) is 3.74. The monoisotopic (exact) mass is 214 g/mol. The van der Waals surface area contributed by atoms with Gasteiger partial charge in [-0.25, -0.2) is 0 Å². The highest BCUT2D eigenvalue weighted by molar-refractivity contribution is 5.84. The highest BCUT2D eigenvalue weighted by atomic mass is 16.1. The molecule has 2 heterocycles. The number of fused-ring (bicyclic) bond motifs is 1. The maximum atomic E-state index is 11.4. The van der Waals surface area contributed by atoms with Crippen LogP contribution >= 0.6 is 0 Å². The summed E-state index contributed by atoms with van der Waals surface area (Å²) in [5.41, 5.74) is 1.18. The number of Topliss-reactive ketones (excluding diaryl/α,β-unsaturated/α-hetero) is 1. The SMILES string of the molecule is O=C1CCCN(n2ccc3ccccc32)C1. The second-order valence-electron chi connectivity index (χ2n) is 4.25. The standard InChI is InChI=1S/C13H14N2O/c16-12-5-3-8-14(10-12)15-9-7-11-4-1-2-6-13(11)15/h1-2,4,6-7,9H,3,5,8,10H2. The van der Waals surface area contributed by atoms with Crippen LogP contribution < -0.4 is 5.01 Å². The van der Waals surface area contributed by atoms with Gasteiger partial charge in [0.05, 0.1) is 12.1 Å². The van der Waals surface area contributed by atoms with Crippen molar-refractivity contribution in [1.82, 2.24) is 4.68 Å². The molecule has 0 radical (unpaired) electrons. The average molecular weight is 214 g/mol. The van der Waals surface area contributed by atoms with Crippen LogP contribution in [-0.2, 0) is 4.79 Å². The molecule has 0 atom stereocenters. The van der Waals surface area contributed by atoms with Crippen LogP contribution in [0, 0.1) is 0 Å². The second-order valence-corrected chi connectivity index (χ2v) is 4.25. The van der Waals surface area contributed by atoms with Crippen molar-refractivity contribution in [1.29, 1.82) is 0 Å². The molecule has 1 aromatic heterocycles. The molecule has 3 heteroatoms. The summed E-state index contributed by atoms with van der Waals surface area (Å²) in [6.45, 7) is 1.50. The molecule has 1 aromatic carbocycles. The molecule has 82 valence electrons. The lowest BCUT2D eigenvalue weighted by Crippen LogP contribution is -2.42. The Balaban J connectivity index is 2.02. The van der Waals surface area contributed by atoms with E-state index < -0.39 is 0 Å². The summed E-state index contributed by atoms with van der Waals surface area (Å²) in [6, 6.07) is 10.3. The summed E-state index contributed by atoms with van der Waals surface area (Å²) in [5.74, 6) is 0.337. The zero-order valence-corrected chi connectivity index (χ0v) is 9.10. The smallest absolute Gasteiger partial charge is 0.153 e. The Morgan fingerprint density at radius 2 is 2.00 bits per heavy atom. The lowest BCUT2D eigenvalue weighted by molar-refractivity contribution is -0.118. The molecule has 2 aromatic rings. The van der Waals surface area contributed by atoms with Gasteiger partial charge >= 0.3 is 0 Å². The topological polar surface area (TPSA) is 25.2 Å². The summed E-state index contributed by atoms with van der Waals surface area (Å²) in [5, 5.41) is 3.34. The number of hydrogen-bond acceptors (Lipinski definition) is 2. The maximum Gasteiger partial charge on any atom is 0.153 e. The molecule has 0 bridgehead atoms. The fraction of sp³-hybridized carbons (Fsp3) is 0.308. The number of nitrogens with zero attached hydrogens (tertiary/aromatic N) is 2. The van der Waals surface area contributed by atoms with Gasteiger partial charge in [-0.05, 0) is 18.6 Å². The molecule has 0 amide bonds. The third-order valence-electron chi connectivity index (χ3n) is 3.11. The lowest BCUT2D eigenvalue weighted by Gasteiger charge is -2.29. The number of carbonyl (C=O) groups excluding carboxylic acids is 1. The Kier molecular flexibility index (Phi) is 2.17. The average Bonchev–Trinajstić information content (AvgIpc) is 2.72. The Morgan fingerprint density at radius 3 is 2.88 bits per heavy atom. The van der Waals surface area contributed by atoms with Gasteiger partial charge in [-0.3, -0.25) is 9.47 Å². The summed E-state index contributed by atoms with van der Waals surface area (Å²) >= 11 is 0. The quantitative estimate of drug-likeness (QED) is 0.725. The van der Waals surface area contributed by atoms with Gasteiger partial charge in [0.2, 0.25) is 0 Å². The molecular formula is C13H14N2O. The van der Waals surface area contributed by atoms with Crippen LogP contribution in [-0.4, -0.2) is 23.5 Å². The molecule has 1 aliphatic rings. The normalized spacial score (nSPS) is 17.0. The molecule has 3 nitrogen and oxygen atoms in total. The zero-order chi connectivity index (χ0) is 11.0. The van der Waals surface area contributed by atoms with E-state index in [0.29, 0.717) is 12.3 Å². The molecule has 3 rings (SSSR count). The van der Waals surface area contributed by atoms with Crippen molar-refractivity contribution in [3.05, 3.63) is 36.5 Å². The first-order valence-electron chi connectivity index (χ1n) is 5.67. The zero-order valence-electron chi connectivity index (χ0n) is 9.10. The Morgan fingerprint density at radius 1 is 1.12 bits per heavy atom. The van der Waals surface area contributed by atoms with E-state index in [1.54, 1.807) is 0 Å². The van der Waals surface area contributed by atoms with Gasteiger partial charge in [0, 0.05) is 24.5 Å². The van der Waals surface area contributed by atoms with Crippen molar-refractivity contribution < 1.29 is 4.79 Å². The Hall–Kier alpha value is -1.77. The summed E-state index contributed by atoms with van der Waals surface area (Å²) in [4.78, 5) is 11.4. The molecule has 16 heavy (non-hydrogen) atoms. The van der Waals surface area contributed by atoms with Crippen molar-refractivity contribution in [2.75, 3.05) is 18.1 Å². The Bertz CT molecular complexity index is 529. The Labute approximate surface area is 94.2 Å². The van der Waals surface area contributed by atoms with E-state index in [-0.39, 0.29) is 0 Å². The van der Waals surface area contributed by atoms with Crippen molar-refractivity contribution in [3.63, 3.8) is 0 Å². The second kappa shape index (κ2) is 3.67. The van der Waals surface area contributed by atoms with Crippen LogP contribution in [0.5, 0.6) is 0 Å². The molecule has 0 saturated carbocycles. The number of hydrogen-bond donors (Lipinski definition) is 0. The van der Waals surface area contributed by atoms with Gasteiger partial charge in [0.25, 0.3) is 0 Å². The van der Waals surface area contributed by atoms with Gasteiger partial charge in [-0.15, -0.1) is 0 Å². The number of carbonyl (C=O) groups is 1. The van der Waals surface area contributed by atoms with E-state index in [1.165, 1.54) is 10.9 Å². The van der Waals surface area contributed by atoms with Crippen LogP contribution in [0.1, 0.15) is 12.8 Å². The molecule has 0 spiro atoms. The largest absolute Gasteiger partial charge is 0.305 e. The van der Waals surface area contributed by atoms with Gasteiger partial charge in [0.15, 0.2) is 5.78 Å². The lowest BCUT2D eigenvalue weighted by atomic mass is 10.1. The van der Waals surface area contributed by atoms with Gasteiger partial charge < -0.3 is 5.01 Å². The molecular weight excluding hydrogens is 200 g/mol. The van der Waals surface area contributed by atoms with Crippen LogP contribution in [0.25, 0.3) is 10.9 Å². The molecule has 1 aliphatic heterocycles. The van der Waals surface area contributed by atoms with E-state index in [2.05, 4.69) is 27.9 Å². The number of ketones is 1. The number of aromatic nitrogens is 1. The first-order valence-corrected chi connectivity index (χ1v) is 5.67. The van der Waals surface area contributed by atoms with Crippen LogP contribution in [0.3, 0.4) is 0 Å².